The van der Waals surface area contributed by atoms with Gasteiger partial charge >= 0.3 is 5.97 Å². The Kier molecular flexibility index (Phi) is 11.6. The van der Waals surface area contributed by atoms with E-state index in [0.29, 0.717) is 48.1 Å². The average Bonchev–Trinajstić information content (AvgIpc) is 3.87. The van der Waals surface area contributed by atoms with Crippen LogP contribution in [0.25, 0.3) is 11.0 Å². The molecule has 1 N–H and O–H groups in total. The topological polar surface area (TPSA) is 120 Å². The number of amides is 2. The molecule has 0 spiro atoms. The van der Waals surface area contributed by atoms with Gasteiger partial charge in [-0.25, -0.2) is 0 Å². The van der Waals surface area contributed by atoms with Crippen LogP contribution in [0.3, 0.4) is 0 Å². The van der Waals surface area contributed by atoms with E-state index in [9.17, 15) is 14.4 Å². The quantitative estimate of drug-likeness (QED) is 0.239. The standard InChI is InChI=1S/C37H46ClN3O8/c1-4-47-37(44)24-12-14-25(15-13-24)49-36(40-20-32(45-2)33(21-40)46-3)30-9-7-17-41(30)34(42)19-23-11-16-29(28(38)18-23)39-35(43)27-22-48-31-10-6-5-8-26(27)31/h5-6,8,10-11,16,18,22,24-25,30,32-33,36H,4,7,9,12-15,17,19-21H2,1-3H3,(H,39,43)/t24-,25-,30-,32-,33+,36?/m0/s1. The molecule has 4 atom stereocenters. The fourth-order valence-corrected chi connectivity index (χ4v) is 7.78. The second-order valence-electron chi connectivity index (χ2n) is 13.1. The summed E-state index contributed by atoms with van der Waals surface area (Å²) in [5.74, 6) is -0.560. The summed E-state index contributed by atoms with van der Waals surface area (Å²) in [5.41, 5.74) is 2.25. The molecule has 0 bridgehead atoms. The smallest absolute Gasteiger partial charge is 0.308 e. The van der Waals surface area contributed by atoms with Gasteiger partial charge in [0, 0.05) is 39.2 Å². The van der Waals surface area contributed by atoms with Crippen molar-refractivity contribution in [2.45, 2.75) is 82.5 Å². The van der Waals surface area contributed by atoms with E-state index in [4.69, 9.17) is 35.0 Å². The van der Waals surface area contributed by atoms with Crippen LogP contribution in [-0.4, -0.2) is 98.6 Å². The minimum atomic E-state index is -0.339. The third-order valence-corrected chi connectivity index (χ3v) is 10.5. The fraction of sp³-hybridized carbons (Fsp3) is 0.541. The first-order valence-electron chi connectivity index (χ1n) is 17.3. The number of likely N-dealkylation sites (tertiary alicyclic amines) is 2. The van der Waals surface area contributed by atoms with Crippen LogP contribution >= 0.6 is 11.6 Å². The predicted octanol–water partition coefficient (Wildman–Crippen LogP) is 5.68. The molecule has 2 aromatic carbocycles. The number of benzene rings is 2. The Morgan fingerprint density at radius 2 is 1.73 bits per heavy atom. The van der Waals surface area contributed by atoms with E-state index in [1.165, 1.54) is 6.26 Å². The maximum atomic E-state index is 13.9. The molecule has 1 unspecified atom stereocenters. The highest BCUT2D eigenvalue weighted by Crippen LogP contribution is 2.34. The average molecular weight is 696 g/mol. The Balaban J connectivity index is 1.13. The maximum Gasteiger partial charge on any atom is 0.308 e. The summed E-state index contributed by atoms with van der Waals surface area (Å²) < 4.78 is 29.2. The Morgan fingerprint density at radius 1 is 1.00 bits per heavy atom. The third-order valence-electron chi connectivity index (χ3n) is 10.1. The van der Waals surface area contributed by atoms with Gasteiger partial charge in [0.25, 0.3) is 5.91 Å². The van der Waals surface area contributed by atoms with E-state index in [1.807, 2.05) is 36.1 Å². The molecule has 2 amide bonds. The minimum absolute atomic E-state index is 0.00869. The zero-order chi connectivity index (χ0) is 34.5. The van der Waals surface area contributed by atoms with Gasteiger partial charge in [-0.2, -0.15) is 0 Å². The van der Waals surface area contributed by atoms with Crippen molar-refractivity contribution in [3.8, 4) is 0 Å². The predicted molar refractivity (Wildman–Crippen MR) is 184 cm³/mol. The molecule has 3 fully saturated rings. The van der Waals surface area contributed by atoms with Crippen molar-refractivity contribution in [2.24, 2.45) is 5.92 Å². The van der Waals surface area contributed by atoms with Gasteiger partial charge in [0.1, 0.15) is 18.1 Å². The number of nitrogens with one attached hydrogen (secondary N) is 1. The number of fused-ring (bicyclic) bond motifs is 1. The van der Waals surface area contributed by atoms with Crippen molar-refractivity contribution >= 4 is 46.0 Å². The second kappa shape index (κ2) is 16.0. The molecule has 0 radical (unpaired) electrons. The van der Waals surface area contributed by atoms with Gasteiger partial charge in [0.2, 0.25) is 5.91 Å². The molecule has 3 aliphatic rings. The van der Waals surface area contributed by atoms with Crippen molar-refractivity contribution < 1.29 is 37.7 Å². The van der Waals surface area contributed by atoms with Crippen LogP contribution in [0.4, 0.5) is 5.69 Å². The number of esters is 1. The van der Waals surface area contributed by atoms with E-state index in [-0.39, 0.29) is 60.7 Å². The lowest BCUT2D eigenvalue weighted by Crippen LogP contribution is -2.53. The van der Waals surface area contributed by atoms with Crippen molar-refractivity contribution in [3.05, 3.63) is 64.9 Å². The molecule has 1 saturated carbocycles. The van der Waals surface area contributed by atoms with Gasteiger partial charge in [-0.15, -0.1) is 0 Å². The molecule has 1 aromatic heterocycles. The van der Waals surface area contributed by atoms with Gasteiger partial charge in [-0.05, 0) is 69.2 Å². The molecule has 1 aliphatic carbocycles. The number of carbonyl (C=O) groups is 3. The summed E-state index contributed by atoms with van der Waals surface area (Å²) >= 11 is 6.63. The van der Waals surface area contributed by atoms with Crippen LogP contribution in [0.5, 0.6) is 0 Å². The molecule has 11 nitrogen and oxygen atoms in total. The van der Waals surface area contributed by atoms with E-state index >= 15 is 0 Å². The Morgan fingerprint density at radius 3 is 2.43 bits per heavy atom. The molecule has 264 valence electrons. The Hall–Kier alpha value is -3.48. The first-order valence-corrected chi connectivity index (χ1v) is 17.6. The first kappa shape index (κ1) is 35.3. The summed E-state index contributed by atoms with van der Waals surface area (Å²) in [4.78, 5) is 43.5. The number of rotatable bonds is 12. The van der Waals surface area contributed by atoms with Crippen molar-refractivity contribution in [2.75, 3.05) is 45.8 Å². The molecule has 3 aromatic rings. The third kappa shape index (κ3) is 7.97. The van der Waals surface area contributed by atoms with Crippen LogP contribution in [0, 0.1) is 5.92 Å². The molecule has 2 saturated heterocycles. The number of para-hydroxylation sites is 1. The fourth-order valence-electron chi connectivity index (χ4n) is 7.53. The van der Waals surface area contributed by atoms with Gasteiger partial charge < -0.3 is 33.6 Å². The molecule has 49 heavy (non-hydrogen) atoms. The number of hydrogen-bond acceptors (Lipinski definition) is 9. The highest BCUT2D eigenvalue weighted by atomic mass is 35.5. The number of furan rings is 1. The molecular formula is C37H46ClN3O8. The number of hydrogen-bond donors (Lipinski definition) is 1. The first-order chi connectivity index (χ1) is 23.8. The van der Waals surface area contributed by atoms with E-state index in [2.05, 4.69) is 10.2 Å². The molecule has 6 rings (SSSR count). The summed E-state index contributed by atoms with van der Waals surface area (Å²) in [6.45, 7) is 4.11. The highest BCUT2D eigenvalue weighted by Gasteiger charge is 2.45. The number of methoxy groups -OCH3 is 2. The lowest BCUT2D eigenvalue weighted by atomic mass is 9.87. The van der Waals surface area contributed by atoms with Gasteiger partial charge in [-0.3, -0.25) is 19.3 Å². The van der Waals surface area contributed by atoms with Crippen molar-refractivity contribution in [1.82, 2.24) is 9.80 Å². The van der Waals surface area contributed by atoms with Crippen LogP contribution in [0.1, 0.15) is 61.4 Å². The normalized spacial score (nSPS) is 25.1. The van der Waals surface area contributed by atoms with Crippen LogP contribution < -0.4 is 5.32 Å². The minimum Gasteiger partial charge on any atom is -0.466 e. The van der Waals surface area contributed by atoms with Crippen molar-refractivity contribution in [1.29, 1.82) is 0 Å². The molecular weight excluding hydrogens is 650 g/mol. The van der Waals surface area contributed by atoms with Gasteiger partial charge in [-0.1, -0.05) is 35.9 Å². The number of halogens is 1. The molecule has 3 heterocycles. The lowest BCUT2D eigenvalue weighted by Gasteiger charge is -2.40. The zero-order valence-electron chi connectivity index (χ0n) is 28.4. The summed E-state index contributed by atoms with van der Waals surface area (Å²) in [6.07, 6.45) is 5.67. The largest absolute Gasteiger partial charge is 0.466 e. The van der Waals surface area contributed by atoms with Crippen LogP contribution in [0.15, 0.2) is 53.1 Å². The van der Waals surface area contributed by atoms with E-state index in [1.54, 1.807) is 32.4 Å². The van der Waals surface area contributed by atoms with Crippen LogP contribution in [0.2, 0.25) is 5.02 Å². The zero-order valence-corrected chi connectivity index (χ0v) is 29.2. The lowest BCUT2D eigenvalue weighted by molar-refractivity contribution is -0.160. The van der Waals surface area contributed by atoms with E-state index < -0.39 is 0 Å². The summed E-state index contributed by atoms with van der Waals surface area (Å²) in [7, 11) is 3.39. The van der Waals surface area contributed by atoms with E-state index in [0.717, 1.165) is 49.5 Å². The highest BCUT2D eigenvalue weighted by molar-refractivity contribution is 6.34. The van der Waals surface area contributed by atoms with Crippen LogP contribution in [-0.2, 0) is 35.0 Å². The number of anilines is 1. The monoisotopic (exact) mass is 695 g/mol. The number of nitrogens with zero attached hydrogens (tertiary/aromatic N) is 2. The second-order valence-corrected chi connectivity index (χ2v) is 13.5. The SMILES string of the molecule is CCOC(=O)[C@H]1CC[C@H](OC([C@@H]2CCCN2C(=O)Cc2ccc(NC(=O)c3coc4ccccc34)c(Cl)c2)N2C[C@H](OC)[C@H](OC)C2)CC1. The Bertz CT molecular complexity index is 1610. The van der Waals surface area contributed by atoms with Gasteiger partial charge in [0.05, 0.1) is 59.6 Å². The van der Waals surface area contributed by atoms with Crippen molar-refractivity contribution in [3.63, 3.8) is 0 Å². The van der Waals surface area contributed by atoms with Gasteiger partial charge in [0.15, 0.2) is 0 Å². The summed E-state index contributed by atoms with van der Waals surface area (Å²) in [6, 6.07) is 12.5. The summed E-state index contributed by atoms with van der Waals surface area (Å²) in [5, 5.41) is 3.93. The maximum absolute atomic E-state index is 13.9. The number of carbonyl (C=O) groups excluding carboxylic acids is 3. The molecule has 2 aliphatic heterocycles. The Labute approximate surface area is 292 Å². The molecule has 12 heteroatoms. The number of ether oxygens (including phenoxy) is 4.